The minimum Gasteiger partial charge on any atom is -0.456 e. The number of alkyl halides is 1. The van der Waals surface area contributed by atoms with Gasteiger partial charge in [-0.05, 0) is 84.5 Å². The molecule has 0 spiro atoms. The van der Waals surface area contributed by atoms with E-state index in [0.717, 1.165) is 29.1 Å². The van der Waals surface area contributed by atoms with E-state index in [9.17, 15) is 24.3 Å². The number of nitrogens with zero attached hydrogens (tertiary/aromatic N) is 3. The molecule has 314 valence electrons. The number of cyclic esters (lactones) is 1. The number of pyridine rings is 1. The molecule has 0 saturated carbocycles. The second kappa shape index (κ2) is 17.5. The fourth-order valence-electron chi connectivity index (χ4n) is 8.37. The lowest BCUT2D eigenvalue weighted by Gasteiger charge is -2.47. The predicted octanol–water partition coefficient (Wildman–Crippen LogP) is 4.49. The van der Waals surface area contributed by atoms with Gasteiger partial charge in [0.25, 0.3) is 5.67 Å². The van der Waals surface area contributed by atoms with Crippen molar-refractivity contribution in [1.29, 1.82) is 0 Å². The fraction of sp³-hybridized carbons (Fsp3) is 0.643. The number of aromatic nitrogens is 1. The number of aliphatic hydroxyl groups excluding tert-OH is 1. The normalized spacial score (nSPS) is 37.1. The Kier molecular flexibility index (Phi) is 13.5. The van der Waals surface area contributed by atoms with E-state index < -0.39 is 83.6 Å². The molecule has 2 N–H and O–H groups in total. The molecule has 3 fully saturated rings. The number of carbonyl (C=O) groups excluding carboxylic acids is 4. The molecule has 1 amide bonds. The van der Waals surface area contributed by atoms with Gasteiger partial charge in [-0.3, -0.25) is 14.6 Å². The Morgan fingerprint density at radius 1 is 1.02 bits per heavy atom. The standard InChI is InChI=1S/C42H59FN4O10/c1-22-20-41(6,53-16-12-13-27-18-28-19-29(46(8)9)14-15-30(28)44-21-27)37(57-38-34(49)31(47(10)11)17-23(2)54-38)25(4)36(50)42(7,43)39(51)55-26(5)35-32(24(3)33(22)48)45-40(52)56-35/h12-15,18-19,21-26,31-32,34-35,37-38,49H,16-17,20H2,1-11H3,(H,45,52)/b13-12+/t22-,23-,24-,25+,26+,31+,32?,34-,35?,37-,38+,41+,42?/m1/s1. The fourth-order valence-corrected chi connectivity index (χ4v) is 8.37. The molecule has 14 nitrogen and oxygen atoms in total. The number of benzene rings is 1. The molecule has 1 aromatic carbocycles. The minimum atomic E-state index is -3.18. The van der Waals surface area contributed by atoms with Crippen molar-refractivity contribution in [3.05, 3.63) is 42.1 Å². The molecule has 0 aliphatic carbocycles. The molecule has 3 aliphatic rings. The number of fused-ring (bicyclic) bond motifs is 2. The zero-order valence-electron chi connectivity index (χ0n) is 34.9. The number of ketones is 2. The summed E-state index contributed by atoms with van der Waals surface area (Å²) in [5, 5.41) is 15.1. The van der Waals surface area contributed by atoms with Crippen LogP contribution in [0.2, 0.25) is 0 Å². The van der Waals surface area contributed by atoms with Crippen LogP contribution in [0.1, 0.15) is 66.9 Å². The highest BCUT2D eigenvalue weighted by atomic mass is 19.1. The van der Waals surface area contributed by atoms with Gasteiger partial charge in [-0.1, -0.05) is 32.9 Å². The highest BCUT2D eigenvalue weighted by Gasteiger charge is 2.55. The molecule has 0 bridgehead atoms. The van der Waals surface area contributed by atoms with Crippen LogP contribution in [0.3, 0.4) is 0 Å². The second-order valence-electron chi connectivity index (χ2n) is 16.8. The van der Waals surface area contributed by atoms with Crippen molar-refractivity contribution in [3.63, 3.8) is 0 Å². The summed E-state index contributed by atoms with van der Waals surface area (Å²) in [6, 6.07) is 6.67. The summed E-state index contributed by atoms with van der Waals surface area (Å²) in [6.07, 6.45) is -1.58. The van der Waals surface area contributed by atoms with E-state index in [4.69, 9.17) is 23.7 Å². The van der Waals surface area contributed by atoms with E-state index in [1.165, 1.54) is 13.8 Å². The molecule has 5 rings (SSSR count). The van der Waals surface area contributed by atoms with Gasteiger partial charge in [-0.25, -0.2) is 14.0 Å². The van der Waals surface area contributed by atoms with Crippen molar-refractivity contribution in [1.82, 2.24) is 15.2 Å². The number of carbonyl (C=O) groups is 4. The highest BCUT2D eigenvalue weighted by molar-refractivity contribution is 6.08. The van der Waals surface area contributed by atoms with Crippen LogP contribution >= 0.6 is 0 Å². The molecule has 1 aromatic heterocycles. The van der Waals surface area contributed by atoms with Crippen LogP contribution in [0.15, 0.2) is 36.5 Å². The molecule has 3 saturated heterocycles. The molecule has 2 aromatic rings. The Labute approximate surface area is 334 Å². The molecule has 13 atom stereocenters. The molecule has 15 heteroatoms. The number of alkyl carbamates (subject to hydrolysis) is 1. The van der Waals surface area contributed by atoms with Gasteiger partial charge in [0.2, 0.25) is 0 Å². The van der Waals surface area contributed by atoms with E-state index in [-0.39, 0.29) is 31.0 Å². The second-order valence-corrected chi connectivity index (χ2v) is 16.8. The van der Waals surface area contributed by atoms with Crippen LogP contribution < -0.4 is 10.2 Å². The highest BCUT2D eigenvalue weighted by Crippen LogP contribution is 2.39. The van der Waals surface area contributed by atoms with E-state index in [1.54, 1.807) is 33.0 Å². The van der Waals surface area contributed by atoms with Crippen LogP contribution in [-0.4, -0.2) is 134 Å². The summed E-state index contributed by atoms with van der Waals surface area (Å²) < 4.78 is 46.9. The first-order valence-electron chi connectivity index (χ1n) is 19.6. The van der Waals surface area contributed by atoms with Crippen LogP contribution in [0.4, 0.5) is 14.9 Å². The monoisotopic (exact) mass is 798 g/mol. The third-order valence-corrected chi connectivity index (χ3v) is 11.7. The Morgan fingerprint density at radius 2 is 1.72 bits per heavy atom. The van der Waals surface area contributed by atoms with Crippen LogP contribution in [0, 0.1) is 17.8 Å². The Balaban J connectivity index is 1.55. The van der Waals surface area contributed by atoms with Crippen molar-refractivity contribution < 1.29 is 52.4 Å². The van der Waals surface area contributed by atoms with Crippen LogP contribution in [0.5, 0.6) is 0 Å². The van der Waals surface area contributed by atoms with Crippen molar-refractivity contribution in [2.24, 2.45) is 17.8 Å². The maximum Gasteiger partial charge on any atom is 0.407 e. The zero-order chi connectivity index (χ0) is 42.1. The van der Waals surface area contributed by atoms with E-state index in [2.05, 4.69) is 10.3 Å². The number of hydrogen-bond donors (Lipinski definition) is 2. The van der Waals surface area contributed by atoms with Gasteiger partial charge in [0.05, 0.1) is 36.0 Å². The Bertz CT molecular complexity index is 1840. The summed E-state index contributed by atoms with van der Waals surface area (Å²) in [6.45, 7) is 10.5. The molecule has 57 heavy (non-hydrogen) atoms. The first kappa shape index (κ1) is 44.1. The predicted molar refractivity (Wildman–Crippen MR) is 211 cm³/mol. The van der Waals surface area contributed by atoms with E-state index in [1.807, 2.05) is 75.3 Å². The Morgan fingerprint density at radius 3 is 2.39 bits per heavy atom. The number of likely N-dealkylation sites (N-methyl/N-ethyl adjacent to an activating group) is 1. The molecule has 3 aliphatic heterocycles. The van der Waals surface area contributed by atoms with Crippen LogP contribution in [-0.2, 0) is 38.1 Å². The molecule has 0 radical (unpaired) electrons. The third kappa shape index (κ3) is 9.49. The van der Waals surface area contributed by atoms with Gasteiger partial charge in [-0.15, -0.1) is 0 Å². The summed E-state index contributed by atoms with van der Waals surface area (Å²) in [7, 11) is 7.56. The maximum atomic E-state index is 16.7. The number of aliphatic hydroxyl groups is 1. The van der Waals surface area contributed by atoms with Gasteiger partial charge in [0.15, 0.2) is 18.2 Å². The average molecular weight is 799 g/mol. The summed E-state index contributed by atoms with van der Waals surface area (Å²) in [4.78, 5) is 62.9. The largest absolute Gasteiger partial charge is 0.456 e. The first-order valence-corrected chi connectivity index (χ1v) is 19.6. The van der Waals surface area contributed by atoms with Gasteiger partial charge in [0.1, 0.15) is 18.0 Å². The number of hydrogen-bond acceptors (Lipinski definition) is 13. The number of rotatable bonds is 8. The number of halogens is 1. The quantitative estimate of drug-likeness (QED) is 0.284. The average Bonchev–Trinajstić information content (AvgIpc) is 3.56. The van der Waals surface area contributed by atoms with E-state index >= 15 is 4.39 Å². The van der Waals surface area contributed by atoms with Crippen molar-refractivity contribution in [2.75, 3.05) is 39.7 Å². The van der Waals surface area contributed by atoms with E-state index in [0.29, 0.717) is 6.42 Å². The lowest BCUT2D eigenvalue weighted by atomic mass is 9.75. The molecular weight excluding hydrogens is 739 g/mol. The Hall–Kier alpha value is -4.02. The number of amides is 1. The number of ether oxygens (including phenoxy) is 5. The topological polar surface area (TPSA) is 166 Å². The summed E-state index contributed by atoms with van der Waals surface area (Å²) in [5.74, 6) is -5.92. The van der Waals surface area contributed by atoms with Gasteiger partial charge in [-0.2, -0.15) is 0 Å². The summed E-state index contributed by atoms with van der Waals surface area (Å²) >= 11 is 0. The summed E-state index contributed by atoms with van der Waals surface area (Å²) in [5.41, 5.74) is -2.07. The number of anilines is 1. The minimum absolute atomic E-state index is 0.0399. The lowest BCUT2D eigenvalue weighted by Crippen LogP contribution is -2.60. The maximum absolute atomic E-state index is 16.7. The lowest BCUT2D eigenvalue weighted by molar-refractivity contribution is -0.297. The van der Waals surface area contributed by atoms with Crippen molar-refractivity contribution in [3.8, 4) is 0 Å². The number of nitrogens with one attached hydrogen (secondary N) is 1. The zero-order valence-corrected chi connectivity index (χ0v) is 34.9. The van der Waals surface area contributed by atoms with Crippen molar-refractivity contribution in [2.45, 2.75) is 121 Å². The third-order valence-electron chi connectivity index (χ3n) is 11.7. The number of Topliss-reactive ketones (excluding diaryl/α,β-unsaturated/α-hetero) is 2. The molecular formula is C42H59FN4O10. The van der Waals surface area contributed by atoms with Gasteiger partial charge >= 0.3 is 12.1 Å². The first-order chi connectivity index (χ1) is 26.6. The van der Waals surface area contributed by atoms with Gasteiger partial charge in [0, 0.05) is 55.2 Å². The van der Waals surface area contributed by atoms with Gasteiger partial charge < -0.3 is 43.9 Å². The van der Waals surface area contributed by atoms with Crippen molar-refractivity contribution >= 4 is 46.3 Å². The SMILES string of the molecule is C[C@@H]1C[C@H](N(C)C)[C@@H](O)[C@H](O[C@@H]2[C@@H](C)C(=O)C(C)(F)C(=O)O[C@@H](C)C3OC(=O)NC3[C@@H](C)C(=O)[C@H](C)C[C@]2(C)OC/C=C/c2cnc3ccc(N(C)C)cc3c2)O1. The van der Waals surface area contributed by atoms with Crippen LogP contribution in [0.25, 0.3) is 17.0 Å². The number of esters is 1. The molecule has 3 unspecified atom stereocenters. The molecule has 4 heterocycles. The smallest absolute Gasteiger partial charge is 0.407 e.